The Balaban J connectivity index is 1.79. The summed E-state index contributed by atoms with van der Waals surface area (Å²) in [6.07, 6.45) is -0.0714. The summed E-state index contributed by atoms with van der Waals surface area (Å²) < 4.78 is 19.1. The summed E-state index contributed by atoms with van der Waals surface area (Å²) in [4.78, 5) is 38.3. The van der Waals surface area contributed by atoms with Gasteiger partial charge in [-0.2, -0.15) is 0 Å². The van der Waals surface area contributed by atoms with Crippen molar-refractivity contribution < 1.29 is 24.1 Å². The SMILES string of the molecule is O=C(NCc1ccc(F)cc1)c1cn([C@H]2CC(O)=C(CO)O2)c(=O)[nH]c1=O. The van der Waals surface area contributed by atoms with Gasteiger partial charge in [0, 0.05) is 12.7 Å². The van der Waals surface area contributed by atoms with Gasteiger partial charge in [-0.05, 0) is 17.7 Å². The Labute approximate surface area is 151 Å². The number of carbonyl (C=O) groups is 1. The predicted octanol–water partition coefficient (Wildman–Crippen LogP) is 0.287. The molecule has 27 heavy (non-hydrogen) atoms. The molecule has 1 atom stereocenters. The summed E-state index contributed by atoms with van der Waals surface area (Å²) in [5, 5.41) is 21.3. The number of hydrogen-bond acceptors (Lipinski definition) is 6. The Morgan fingerprint density at radius 3 is 2.67 bits per heavy atom. The maximum atomic E-state index is 12.9. The summed E-state index contributed by atoms with van der Waals surface area (Å²) in [7, 11) is 0. The number of aromatic amines is 1. The van der Waals surface area contributed by atoms with E-state index in [1.807, 2.05) is 4.98 Å². The summed E-state index contributed by atoms with van der Waals surface area (Å²) in [6.45, 7) is -0.500. The van der Waals surface area contributed by atoms with Gasteiger partial charge in [-0.3, -0.25) is 19.1 Å². The molecule has 10 heteroatoms. The molecule has 0 saturated heterocycles. The first-order chi connectivity index (χ1) is 12.9. The minimum atomic E-state index is -1.000. The molecule has 0 radical (unpaired) electrons. The second-order valence-corrected chi connectivity index (χ2v) is 5.82. The molecule has 142 valence electrons. The molecule has 0 spiro atoms. The Kier molecular flexibility index (Phi) is 5.08. The van der Waals surface area contributed by atoms with E-state index < -0.39 is 35.8 Å². The van der Waals surface area contributed by atoms with Crippen molar-refractivity contribution in [2.24, 2.45) is 0 Å². The van der Waals surface area contributed by atoms with Gasteiger partial charge >= 0.3 is 5.69 Å². The Morgan fingerprint density at radius 1 is 1.33 bits per heavy atom. The highest BCUT2D eigenvalue weighted by atomic mass is 19.1. The van der Waals surface area contributed by atoms with E-state index in [4.69, 9.17) is 9.84 Å². The minimum Gasteiger partial charge on any atom is -0.508 e. The van der Waals surface area contributed by atoms with Crippen LogP contribution in [0.4, 0.5) is 4.39 Å². The summed E-state index contributed by atoms with van der Waals surface area (Å²) in [6, 6.07) is 5.45. The normalized spacial score (nSPS) is 16.3. The third kappa shape index (κ3) is 3.90. The van der Waals surface area contributed by atoms with Crippen LogP contribution in [0.3, 0.4) is 0 Å². The number of halogens is 1. The molecule has 4 N–H and O–H groups in total. The number of amides is 1. The average molecular weight is 377 g/mol. The van der Waals surface area contributed by atoms with Gasteiger partial charge in [0.25, 0.3) is 11.5 Å². The van der Waals surface area contributed by atoms with Crippen LogP contribution in [0, 0.1) is 5.82 Å². The molecule has 2 aromatic rings. The number of aromatic nitrogens is 2. The molecular formula is C17H16FN3O6. The first kappa shape index (κ1) is 18.4. The molecule has 0 bridgehead atoms. The second-order valence-electron chi connectivity index (χ2n) is 5.82. The molecule has 1 aromatic heterocycles. The number of H-pyrrole nitrogens is 1. The molecule has 2 heterocycles. The molecule has 1 aliphatic rings. The van der Waals surface area contributed by atoms with Crippen molar-refractivity contribution in [3.63, 3.8) is 0 Å². The summed E-state index contributed by atoms with van der Waals surface area (Å²) in [5.74, 6) is -1.46. The average Bonchev–Trinajstić information content (AvgIpc) is 3.01. The quantitative estimate of drug-likeness (QED) is 0.592. The number of aliphatic hydroxyl groups excluding tert-OH is 2. The zero-order chi connectivity index (χ0) is 19.6. The number of hydrogen-bond donors (Lipinski definition) is 4. The molecule has 0 aliphatic carbocycles. The van der Waals surface area contributed by atoms with E-state index in [0.29, 0.717) is 5.56 Å². The lowest BCUT2D eigenvalue weighted by Gasteiger charge is -2.15. The molecule has 0 unspecified atom stereocenters. The third-order valence-corrected chi connectivity index (χ3v) is 4.00. The van der Waals surface area contributed by atoms with Gasteiger partial charge in [-0.1, -0.05) is 12.1 Å². The molecule has 1 aromatic carbocycles. The van der Waals surface area contributed by atoms with Crippen LogP contribution in [0.25, 0.3) is 0 Å². The van der Waals surface area contributed by atoms with Crippen LogP contribution in [0.1, 0.15) is 28.6 Å². The number of benzene rings is 1. The monoisotopic (exact) mass is 377 g/mol. The lowest BCUT2D eigenvalue weighted by Crippen LogP contribution is -2.38. The second kappa shape index (κ2) is 7.46. The van der Waals surface area contributed by atoms with E-state index in [1.165, 1.54) is 24.3 Å². The van der Waals surface area contributed by atoms with Gasteiger partial charge in [-0.15, -0.1) is 0 Å². The van der Waals surface area contributed by atoms with Crippen LogP contribution in [-0.2, 0) is 11.3 Å². The molecule has 0 saturated carbocycles. The Hall–Kier alpha value is -3.40. The van der Waals surface area contributed by atoms with Crippen molar-refractivity contribution in [1.82, 2.24) is 14.9 Å². The van der Waals surface area contributed by atoms with Crippen molar-refractivity contribution in [1.29, 1.82) is 0 Å². The maximum absolute atomic E-state index is 12.9. The van der Waals surface area contributed by atoms with E-state index in [9.17, 15) is 23.9 Å². The Bertz CT molecular complexity index is 1010. The molecule has 9 nitrogen and oxygen atoms in total. The third-order valence-electron chi connectivity index (χ3n) is 4.00. The lowest BCUT2D eigenvalue weighted by atomic mass is 10.2. The van der Waals surface area contributed by atoms with E-state index in [0.717, 1.165) is 10.8 Å². The highest BCUT2D eigenvalue weighted by Gasteiger charge is 2.28. The van der Waals surface area contributed by atoms with E-state index in [1.54, 1.807) is 0 Å². The van der Waals surface area contributed by atoms with Crippen molar-refractivity contribution in [3.8, 4) is 0 Å². The van der Waals surface area contributed by atoms with E-state index in [2.05, 4.69) is 5.32 Å². The van der Waals surface area contributed by atoms with Crippen LogP contribution < -0.4 is 16.6 Å². The van der Waals surface area contributed by atoms with Gasteiger partial charge in [0.05, 0.1) is 6.42 Å². The standard InChI is InChI=1S/C17H16FN3O6/c18-10-3-1-9(2-4-10)6-19-15(24)11-7-21(17(26)20-16(11)25)14-5-12(23)13(8-22)27-14/h1-4,7,14,22-23H,5-6,8H2,(H,19,24)(H,20,25,26)/t14-/m1/s1. The lowest BCUT2D eigenvalue weighted by molar-refractivity contribution is 0.0587. The van der Waals surface area contributed by atoms with Crippen LogP contribution in [0.15, 0.2) is 51.6 Å². The van der Waals surface area contributed by atoms with Crippen LogP contribution >= 0.6 is 0 Å². The number of nitrogens with zero attached hydrogens (tertiary/aromatic N) is 1. The van der Waals surface area contributed by atoms with Crippen LogP contribution in [0.2, 0.25) is 0 Å². The fourth-order valence-electron chi connectivity index (χ4n) is 2.58. The maximum Gasteiger partial charge on any atom is 0.331 e. The molecule has 0 fully saturated rings. The van der Waals surface area contributed by atoms with Crippen molar-refractivity contribution in [3.05, 3.63) is 79.8 Å². The molecule has 1 aliphatic heterocycles. The zero-order valence-corrected chi connectivity index (χ0v) is 13.9. The number of aliphatic hydroxyl groups is 2. The van der Waals surface area contributed by atoms with Gasteiger partial charge in [0.1, 0.15) is 23.7 Å². The van der Waals surface area contributed by atoms with Gasteiger partial charge in [0.15, 0.2) is 12.0 Å². The van der Waals surface area contributed by atoms with Crippen LogP contribution in [0.5, 0.6) is 0 Å². The predicted molar refractivity (Wildman–Crippen MR) is 90.4 cm³/mol. The number of ether oxygens (including phenoxy) is 1. The smallest absolute Gasteiger partial charge is 0.331 e. The van der Waals surface area contributed by atoms with Gasteiger partial charge in [-0.25, -0.2) is 9.18 Å². The minimum absolute atomic E-state index is 0.0502. The van der Waals surface area contributed by atoms with E-state index in [-0.39, 0.29) is 30.0 Å². The highest BCUT2D eigenvalue weighted by molar-refractivity contribution is 5.93. The first-order valence-electron chi connectivity index (χ1n) is 7.95. The van der Waals surface area contributed by atoms with Crippen molar-refractivity contribution >= 4 is 5.91 Å². The number of rotatable bonds is 5. The number of nitrogens with one attached hydrogen (secondary N) is 2. The molecule has 3 rings (SSSR count). The van der Waals surface area contributed by atoms with Crippen molar-refractivity contribution in [2.75, 3.05) is 6.61 Å². The van der Waals surface area contributed by atoms with E-state index >= 15 is 0 Å². The summed E-state index contributed by atoms with van der Waals surface area (Å²) >= 11 is 0. The van der Waals surface area contributed by atoms with Gasteiger partial charge < -0.3 is 20.3 Å². The molecule has 1 amide bonds. The summed E-state index contributed by atoms with van der Waals surface area (Å²) in [5.41, 5.74) is -1.43. The fourth-order valence-corrected chi connectivity index (χ4v) is 2.58. The molecular weight excluding hydrogens is 361 g/mol. The largest absolute Gasteiger partial charge is 0.508 e. The highest BCUT2D eigenvalue weighted by Crippen LogP contribution is 2.29. The fraction of sp³-hybridized carbons (Fsp3) is 0.235. The first-order valence-corrected chi connectivity index (χ1v) is 7.95. The van der Waals surface area contributed by atoms with Gasteiger partial charge in [0.2, 0.25) is 0 Å². The van der Waals surface area contributed by atoms with Crippen LogP contribution in [-0.4, -0.2) is 32.3 Å². The van der Waals surface area contributed by atoms with Crippen molar-refractivity contribution in [2.45, 2.75) is 19.2 Å². The Morgan fingerprint density at radius 2 is 2.04 bits per heavy atom. The zero-order valence-electron chi connectivity index (χ0n) is 13.9. The topological polar surface area (TPSA) is 134 Å². The number of carbonyl (C=O) groups excluding carboxylic acids is 1.